The van der Waals surface area contributed by atoms with Crippen LogP contribution in [0.5, 0.6) is 0 Å². The van der Waals surface area contributed by atoms with Crippen LogP contribution < -0.4 is 10.6 Å². The lowest BCUT2D eigenvalue weighted by Crippen LogP contribution is -2.45. The Morgan fingerprint density at radius 2 is 1.68 bits per heavy atom. The van der Waals surface area contributed by atoms with Crippen LogP contribution >= 0.6 is 12.4 Å². The Balaban J connectivity index is 0.00000176. The molecule has 2 aromatic rings. The molecule has 1 atom stereocenters. The molecule has 1 heterocycles. The van der Waals surface area contributed by atoms with Crippen molar-refractivity contribution in [2.45, 2.75) is 18.9 Å². The Bertz CT molecular complexity index is 592. The molecule has 3 nitrogen and oxygen atoms in total. The van der Waals surface area contributed by atoms with Crippen molar-refractivity contribution < 1.29 is 4.79 Å². The molecule has 2 N–H and O–H groups in total. The molecule has 1 saturated heterocycles. The fourth-order valence-electron chi connectivity index (χ4n) is 2.69. The fraction of sp³-hybridized carbons (Fsp3) is 0.278. The van der Waals surface area contributed by atoms with E-state index < -0.39 is 0 Å². The van der Waals surface area contributed by atoms with E-state index in [0.29, 0.717) is 0 Å². The van der Waals surface area contributed by atoms with Gasteiger partial charge in [-0.15, -0.1) is 12.4 Å². The predicted octanol–water partition coefficient (Wildman–Crippen LogP) is 3.26. The third-order valence-corrected chi connectivity index (χ3v) is 3.89. The number of nitrogens with one attached hydrogen (secondary N) is 2. The minimum absolute atomic E-state index is 0. The smallest absolute Gasteiger partial charge is 0.251 e. The van der Waals surface area contributed by atoms with Crippen LogP contribution in [0, 0.1) is 0 Å². The van der Waals surface area contributed by atoms with Gasteiger partial charge in [-0.3, -0.25) is 4.79 Å². The summed E-state index contributed by atoms with van der Waals surface area (Å²) in [7, 11) is 0. The Labute approximate surface area is 137 Å². The van der Waals surface area contributed by atoms with Crippen LogP contribution in [0.3, 0.4) is 0 Å². The molecule has 1 fully saturated rings. The predicted molar refractivity (Wildman–Crippen MR) is 92.5 cm³/mol. The van der Waals surface area contributed by atoms with Gasteiger partial charge < -0.3 is 10.6 Å². The molecular weight excluding hydrogens is 296 g/mol. The van der Waals surface area contributed by atoms with Gasteiger partial charge in [-0.2, -0.15) is 0 Å². The number of hydrogen-bond donors (Lipinski definition) is 2. The van der Waals surface area contributed by atoms with Crippen molar-refractivity contribution in [1.29, 1.82) is 0 Å². The van der Waals surface area contributed by atoms with Crippen molar-refractivity contribution in [2.24, 2.45) is 0 Å². The average molecular weight is 317 g/mol. The van der Waals surface area contributed by atoms with E-state index in [-0.39, 0.29) is 24.4 Å². The van der Waals surface area contributed by atoms with Crippen LogP contribution in [0.25, 0.3) is 11.1 Å². The number of rotatable bonds is 3. The molecular formula is C18H21ClN2O. The zero-order valence-electron chi connectivity index (χ0n) is 12.4. The summed E-state index contributed by atoms with van der Waals surface area (Å²) in [6.45, 7) is 1.92. The lowest BCUT2D eigenvalue weighted by molar-refractivity contribution is 0.0930. The maximum absolute atomic E-state index is 12.2. The van der Waals surface area contributed by atoms with Gasteiger partial charge in [0.2, 0.25) is 0 Å². The molecule has 0 aromatic heterocycles. The number of carbonyl (C=O) groups is 1. The molecule has 116 valence electrons. The van der Waals surface area contributed by atoms with E-state index in [1.165, 1.54) is 5.56 Å². The van der Waals surface area contributed by atoms with Crippen LogP contribution in [0.1, 0.15) is 23.2 Å². The van der Waals surface area contributed by atoms with Crippen molar-refractivity contribution in [1.82, 2.24) is 10.6 Å². The number of hydrogen-bond acceptors (Lipinski definition) is 2. The lowest BCUT2D eigenvalue weighted by Gasteiger charge is -2.23. The summed E-state index contributed by atoms with van der Waals surface area (Å²) in [5.74, 6) is 0.0170. The van der Waals surface area contributed by atoms with Gasteiger partial charge in [-0.05, 0) is 42.6 Å². The van der Waals surface area contributed by atoms with Crippen LogP contribution in [-0.2, 0) is 0 Å². The van der Waals surface area contributed by atoms with Crippen molar-refractivity contribution in [3.05, 3.63) is 60.2 Å². The normalized spacial score (nSPS) is 17.4. The summed E-state index contributed by atoms with van der Waals surface area (Å²) < 4.78 is 0. The SMILES string of the molecule is Cl.O=C(N[C@H]1CCCNC1)c1ccc(-c2ccccc2)cc1. The fourth-order valence-corrected chi connectivity index (χ4v) is 2.69. The molecule has 1 aliphatic heterocycles. The summed E-state index contributed by atoms with van der Waals surface area (Å²) >= 11 is 0. The molecule has 3 rings (SSSR count). The van der Waals surface area contributed by atoms with Gasteiger partial charge in [0.1, 0.15) is 0 Å². The van der Waals surface area contributed by atoms with Gasteiger partial charge in [0, 0.05) is 18.2 Å². The Morgan fingerprint density at radius 1 is 1.00 bits per heavy atom. The van der Waals surface area contributed by atoms with E-state index >= 15 is 0 Å². The highest BCUT2D eigenvalue weighted by Gasteiger charge is 2.16. The van der Waals surface area contributed by atoms with Crippen molar-refractivity contribution in [3.8, 4) is 11.1 Å². The molecule has 1 aliphatic rings. The summed E-state index contributed by atoms with van der Waals surface area (Å²) in [6, 6.07) is 18.2. The Kier molecular flexibility index (Phi) is 5.99. The summed E-state index contributed by atoms with van der Waals surface area (Å²) in [5, 5.41) is 6.40. The molecule has 0 saturated carbocycles. The van der Waals surface area contributed by atoms with E-state index in [1.807, 2.05) is 42.5 Å². The Hall–Kier alpha value is -1.84. The molecule has 4 heteroatoms. The highest BCUT2D eigenvalue weighted by molar-refractivity contribution is 5.94. The maximum Gasteiger partial charge on any atom is 0.251 e. The monoisotopic (exact) mass is 316 g/mol. The maximum atomic E-state index is 12.2. The first-order chi connectivity index (χ1) is 10.3. The standard InChI is InChI=1S/C18H20N2O.ClH/c21-18(20-17-7-4-12-19-13-17)16-10-8-15(9-11-16)14-5-2-1-3-6-14;/h1-3,5-6,8-11,17,19H,4,7,12-13H2,(H,20,21);1H/t17-;/m0./s1. The van der Waals surface area contributed by atoms with E-state index in [1.54, 1.807) is 0 Å². The first-order valence-corrected chi connectivity index (χ1v) is 7.50. The topological polar surface area (TPSA) is 41.1 Å². The van der Waals surface area contributed by atoms with Gasteiger partial charge in [0.15, 0.2) is 0 Å². The highest BCUT2D eigenvalue weighted by atomic mass is 35.5. The number of piperidine rings is 1. The van der Waals surface area contributed by atoms with Crippen molar-refractivity contribution in [3.63, 3.8) is 0 Å². The van der Waals surface area contributed by atoms with Gasteiger partial charge in [-0.1, -0.05) is 42.5 Å². The first kappa shape index (κ1) is 16.5. The zero-order valence-corrected chi connectivity index (χ0v) is 13.2. The third kappa shape index (κ3) is 4.09. The van der Waals surface area contributed by atoms with Gasteiger partial charge >= 0.3 is 0 Å². The molecule has 22 heavy (non-hydrogen) atoms. The van der Waals surface area contributed by atoms with Crippen molar-refractivity contribution in [2.75, 3.05) is 13.1 Å². The number of carbonyl (C=O) groups excluding carboxylic acids is 1. The first-order valence-electron chi connectivity index (χ1n) is 7.50. The third-order valence-electron chi connectivity index (χ3n) is 3.89. The van der Waals surface area contributed by atoms with Crippen LogP contribution in [0.4, 0.5) is 0 Å². The molecule has 0 aliphatic carbocycles. The molecule has 0 radical (unpaired) electrons. The minimum atomic E-state index is 0. The number of benzene rings is 2. The number of halogens is 1. The molecule has 0 bridgehead atoms. The molecule has 1 amide bonds. The highest BCUT2D eigenvalue weighted by Crippen LogP contribution is 2.19. The van der Waals surface area contributed by atoms with Crippen molar-refractivity contribution >= 4 is 18.3 Å². The largest absolute Gasteiger partial charge is 0.348 e. The second-order valence-corrected chi connectivity index (χ2v) is 5.46. The van der Waals surface area contributed by atoms with E-state index in [0.717, 1.165) is 37.1 Å². The van der Waals surface area contributed by atoms with Crippen LogP contribution in [0.2, 0.25) is 0 Å². The second-order valence-electron chi connectivity index (χ2n) is 5.46. The summed E-state index contributed by atoms with van der Waals surface area (Å²) in [4.78, 5) is 12.2. The molecule has 0 spiro atoms. The van der Waals surface area contributed by atoms with E-state index in [9.17, 15) is 4.79 Å². The van der Waals surface area contributed by atoms with Gasteiger partial charge in [-0.25, -0.2) is 0 Å². The zero-order chi connectivity index (χ0) is 14.5. The minimum Gasteiger partial charge on any atom is -0.348 e. The van der Waals surface area contributed by atoms with E-state index in [4.69, 9.17) is 0 Å². The summed E-state index contributed by atoms with van der Waals surface area (Å²) in [5.41, 5.74) is 3.02. The van der Waals surface area contributed by atoms with Gasteiger partial charge in [0.05, 0.1) is 0 Å². The van der Waals surface area contributed by atoms with Crippen LogP contribution in [0.15, 0.2) is 54.6 Å². The quantitative estimate of drug-likeness (QED) is 0.912. The lowest BCUT2D eigenvalue weighted by atomic mass is 10.0. The summed E-state index contributed by atoms with van der Waals surface area (Å²) in [6.07, 6.45) is 2.18. The second kappa shape index (κ2) is 7.97. The molecule has 0 unspecified atom stereocenters. The number of amides is 1. The van der Waals surface area contributed by atoms with Gasteiger partial charge in [0.25, 0.3) is 5.91 Å². The molecule has 2 aromatic carbocycles. The van der Waals surface area contributed by atoms with Crippen LogP contribution in [-0.4, -0.2) is 25.0 Å². The Morgan fingerprint density at radius 3 is 2.32 bits per heavy atom. The van der Waals surface area contributed by atoms with E-state index in [2.05, 4.69) is 22.8 Å². The average Bonchev–Trinajstić information content (AvgIpc) is 2.57.